The van der Waals surface area contributed by atoms with Crippen molar-refractivity contribution in [3.05, 3.63) is 35.9 Å². The van der Waals surface area contributed by atoms with Gasteiger partial charge in [0.1, 0.15) is 12.2 Å². The maximum atomic E-state index is 11.3. The molecule has 1 unspecified atom stereocenters. The molecule has 0 aliphatic carbocycles. The van der Waals surface area contributed by atoms with Crippen LogP contribution in [0.15, 0.2) is 30.3 Å². The molecule has 1 fully saturated rings. The highest BCUT2D eigenvalue weighted by Crippen LogP contribution is 2.31. The van der Waals surface area contributed by atoms with Crippen LogP contribution in [0.2, 0.25) is 0 Å². The van der Waals surface area contributed by atoms with E-state index < -0.39 is 18.0 Å². The van der Waals surface area contributed by atoms with Crippen molar-refractivity contribution in [1.82, 2.24) is 0 Å². The van der Waals surface area contributed by atoms with Crippen molar-refractivity contribution >= 4 is 17.9 Å². The zero-order chi connectivity index (χ0) is 16.2. The van der Waals surface area contributed by atoms with E-state index >= 15 is 0 Å². The molecule has 5 nitrogen and oxygen atoms in total. The molecule has 122 valence electrons. The average Bonchev–Trinajstić information content (AvgIpc) is 2.83. The second kappa shape index (κ2) is 7.35. The second-order valence-corrected chi connectivity index (χ2v) is 6.81. The Morgan fingerprint density at radius 1 is 1.45 bits per heavy atom. The monoisotopic (exact) mass is 325 g/mol. The standard InChI is InChI=1S/C16H23NO4S/c1-16(2)19-10-12(21-16)14(20-15(17)18)13(22-3)9-11-7-5-4-6-8-11/h4-8,12-14H,9-10H2,1-3H3,(H2,17,18)/t12-,13?,14-/m0/s1. The van der Waals surface area contributed by atoms with Gasteiger partial charge in [0.2, 0.25) is 0 Å². The van der Waals surface area contributed by atoms with Crippen LogP contribution in [0, 0.1) is 0 Å². The van der Waals surface area contributed by atoms with Crippen LogP contribution in [0.25, 0.3) is 0 Å². The van der Waals surface area contributed by atoms with Gasteiger partial charge in [0, 0.05) is 5.25 Å². The van der Waals surface area contributed by atoms with Gasteiger partial charge in [-0.15, -0.1) is 0 Å². The van der Waals surface area contributed by atoms with Crippen LogP contribution in [0.3, 0.4) is 0 Å². The summed E-state index contributed by atoms with van der Waals surface area (Å²) in [6, 6.07) is 10.1. The molecule has 1 saturated heterocycles. The van der Waals surface area contributed by atoms with Gasteiger partial charge < -0.3 is 19.9 Å². The minimum absolute atomic E-state index is 0.0393. The third kappa shape index (κ3) is 4.63. The van der Waals surface area contributed by atoms with E-state index in [1.54, 1.807) is 11.8 Å². The van der Waals surface area contributed by atoms with Gasteiger partial charge in [-0.2, -0.15) is 11.8 Å². The van der Waals surface area contributed by atoms with E-state index in [1.807, 2.05) is 38.3 Å². The van der Waals surface area contributed by atoms with Gasteiger partial charge in [0.25, 0.3) is 0 Å². The third-order valence-electron chi connectivity index (χ3n) is 3.60. The molecule has 6 heteroatoms. The topological polar surface area (TPSA) is 70.8 Å². The number of amides is 1. The molecule has 1 aliphatic heterocycles. The Morgan fingerprint density at radius 3 is 2.64 bits per heavy atom. The first-order chi connectivity index (χ1) is 10.4. The molecule has 1 amide bonds. The predicted octanol–water partition coefficient (Wildman–Crippen LogP) is 2.58. The van der Waals surface area contributed by atoms with Gasteiger partial charge in [0.05, 0.1) is 6.61 Å². The molecule has 2 N–H and O–H groups in total. The lowest BCUT2D eigenvalue weighted by molar-refractivity contribution is -0.150. The zero-order valence-corrected chi connectivity index (χ0v) is 14.0. The lowest BCUT2D eigenvalue weighted by Gasteiger charge is -2.29. The highest BCUT2D eigenvalue weighted by atomic mass is 32.2. The molecule has 2 rings (SSSR count). The minimum Gasteiger partial charge on any atom is -0.442 e. The molecule has 0 saturated carbocycles. The van der Waals surface area contributed by atoms with E-state index in [0.29, 0.717) is 6.61 Å². The van der Waals surface area contributed by atoms with Gasteiger partial charge in [-0.25, -0.2) is 4.79 Å². The van der Waals surface area contributed by atoms with Crippen molar-refractivity contribution in [2.75, 3.05) is 12.9 Å². The smallest absolute Gasteiger partial charge is 0.404 e. The van der Waals surface area contributed by atoms with E-state index in [1.165, 1.54) is 5.56 Å². The molecule has 1 aromatic carbocycles. The fourth-order valence-electron chi connectivity index (χ4n) is 2.58. The number of ether oxygens (including phenoxy) is 3. The summed E-state index contributed by atoms with van der Waals surface area (Å²) in [5.41, 5.74) is 6.43. The third-order valence-corrected chi connectivity index (χ3v) is 4.64. The Kier molecular flexibility index (Phi) is 5.72. The van der Waals surface area contributed by atoms with Gasteiger partial charge in [0.15, 0.2) is 5.79 Å². The molecule has 1 aromatic rings. The van der Waals surface area contributed by atoms with Gasteiger partial charge in [-0.05, 0) is 32.1 Å². The van der Waals surface area contributed by atoms with E-state index in [-0.39, 0.29) is 11.4 Å². The number of thioether (sulfide) groups is 1. The molecule has 0 aromatic heterocycles. The molecule has 1 aliphatic rings. The Balaban J connectivity index is 2.13. The lowest BCUT2D eigenvalue weighted by Crippen LogP contribution is -2.43. The summed E-state index contributed by atoms with van der Waals surface area (Å²) >= 11 is 1.63. The molecule has 3 atom stereocenters. The van der Waals surface area contributed by atoms with Crippen molar-refractivity contribution in [2.45, 2.75) is 43.5 Å². The van der Waals surface area contributed by atoms with Gasteiger partial charge in [-0.3, -0.25) is 0 Å². The summed E-state index contributed by atoms with van der Waals surface area (Å²) in [7, 11) is 0. The number of primary amides is 1. The Hall–Kier alpha value is -1.24. The number of rotatable bonds is 6. The van der Waals surface area contributed by atoms with E-state index in [9.17, 15) is 4.79 Å². The van der Waals surface area contributed by atoms with Crippen molar-refractivity contribution in [3.63, 3.8) is 0 Å². The Labute approximate surface area is 135 Å². The SMILES string of the molecule is CSC(Cc1ccccc1)[C@@H](OC(N)=O)[C@@H]1COC(C)(C)O1. The number of hydrogen-bond donors (Lipinski definition) is 1. The largest absolute Gasteiger partial charge is 0.442 e. The first-order valence-corrected chi connectivity index (χ1v) is 8.54. The second-order valence-electron chi connectivity index (χ2n) is 5.73. The maximum Gasteiger partial charge on any atom is 0.404 e. The predicted molar refractivity (Wildman–Crippen MR) is 86.8 cm³/mol. The maximum absolute atomic E-state index is 11.3. The van der Waals surface area contributed by atoms with Crippen LogP contribution in [0.4, 0.5) is 4.79 Å². The van der Waals surface area contributed by atoms with E-state index in [2.05, 4.69) is 12.1 Å². The first-order valence-electron chi connectivity index (χ1n) is 7.26. The minimum atomic E-state index is -0.787. The van der Waals surface area contributed by atoms with Gasteiger partial charge >= 0.3 is 6.09 Å². The quantitative estimate of drug-likeness (QED) is 0.870. The highest BCUT2D eigenvalue weighted by molar-refractivity contribution is 7.99. The van der Waals surface area contributed by atoms with Crippen LogP contribution in [0.1, 0.15) is 19.4 Å². The fourth-order valence-corrected chi connectivity index (χ4v) is 3.44. The van der Waals surface area contributed by atoms with Crippen LogP contribution in [-0.4, -0.2) is 42.2 Å². The molecule has 0 radical (unpaired) electrons. The highest BCUT2D eigenvalue weighted by Gasteiger charge is 2.42. The number of carbonyl (C=O) groups is 1. The molecule has 0 bridgehead atoms. The van der Waals surface area contributed by atoms with Crippen LogP contribution >= 0.6 is 11.8 Å². The number of benzene rings is 1. The van der Waals surface area contributed by atoms with Crippen molar-refractivity contribution < 1.29 is 19.0 Å². The van der Waals surface area contributed by atoms with Gasteiger partial charge in [-0.1, -0.05) is 30.3 Å². The summed E-state index contributed by atoms with van der Waals surface area (Å²) < 4.78 is 16.8. The number of carbonyl (C=O) groups excluding carboxylic acids is 1. The van der Waals surface area contributed by atoms with Crippen molar-refractivity contribution in [1.29, 1.82) is 0 Å². The number of hydrogen-bond acceptors (Lipinski definition) is 5. The fraction of sp³-hybridized carbons (Fsp3) is 0.562. The number of nitrogens with two attached hydrogens (primary N) is 1. The Morgan fingerprint density at radius 2 is 2.14 bits per heavy atom. The molecule has 22 heavy (non-hydrogen) atoms. The normalized spacial score (nSPS) is 23.0. The summed E-state index contributed by atoms with van der Waals surface area (Å²) in [6.45, 7) is 4.08. The molecular weight excluding hydrogens is 302 g/mol. The average molecular weight is 325 g/mol. The molecule has 0 spiro atoms. The van der Waals surface area contributed by atoms with E-state index in [4.69, 9.17) is 19.9 Å². The summed E-state index contributed by atoms with van der Waals surface area (Å²) in [5.74, 6) is -0.667. The van der Waals surface area contributed by atoms with Crippen LogP contribution < -0.4 is 5.73 Å². The lowest BCUT2D eigenvalue weighted by atomic mass is 10.0. The summed E-state index contributed by atoms with van der Waals surface area (Å²) in [6.07, 6.45) is 1.20. The van der Waals surface area contributed by atoms with Crippen LogP contribution in [-0.2, 0) is 20.6 Å². The first kappa shape index (κ1) is 17.1. The zero-order valence-electron chi connectivity index (χ0n) is 13.2. The van der Waals surface area contributed by atoms with E-state index in [0.717, 1.165) is 6.42 Å². The summed E-state index contributed by atoms with van der Waals surface area (Å²) in [5, 5.41) is 0.0393. The molecule has 1 heterocycles. The Bertz CT molecular complexity index is 494. The summed E-state index contributed by atoms with van der Waals surface area (Å²) in [4.78, 5) is 11.3. The van der Waals surface area contributed by atoms with Crippen LogP contribution in [0.5, 0.6) is 0 Å². The van der Waals surface area contributed by atoms with Crippen molar-refractivity contribution in [2.24, 2.45) is 5.73 Å². The molecular formula is C16H23NO4S. The van der Waals surface area contributed by atoms with Crippen molar-refractivity contribution in [3.8, 4) is 0 Å².